The molecule has 3 N–H and O–H groups in total. The van der Waals surface area contributed by atoms with Gasteiger partial charge in [0.25, 0.3) is 0 Å². The van der Waals surface area contributed by atoms with E-state index in [2.05, 4.69) is 27.9 Å². The predicted octanol–water partition coefficient (Wildman–Crippen LogP) is 3.79. The summed E-state index contributed by atoms with van der Waals surface area (Å²) in [7, 11) is 0. The van der Waals surface area contributed by atoms with Gasteiger partial charge in [0, 0.05) is 25.7 Å². The van der Waals surface area contributed by atoms with Crippen molar-refractivity contribution in [1.82, 2.24) is 15.6 Å². The first kappa shape index (κ1) is 24.5. The van der Waals surface area contributed by atoms with Gasteiger partial charge in [-0.3, -0.25) is 4.79 Å². The van der Waals surface area contributed by atoms with Crippen LogP contribution in [0.3, 0.4) is 0 Å². The Kier molecular flexibility index (Phi) is 12.6. The van der Waals surface area contributed by atoms with Gasteiger partial charge in [-0.2, -0.15) is 0 Å². The second kappa shape index (κ2) is 12.8. The second-order valence-electron chi connectivity index (χ2n) is 6.05. The lowest BCUT2D eigenvalue weighted by Crippen LogP contribution is -2.36. The lowest BCUT2D eigenvalue weighted by molar-refractivity contribution is -0.122. The molecule has 1 aliphatic heterocycles. The van der Waals surface area contributed by atoms with Crippen LogP contribution in [0.25, 0.3) is 0 Å². The van der Waals surface area contributed by atoms with Gasteiger partial charge >= 0.3 is 0 Å². The summed E-state index contributed by atoms with van der Waals surface area (Å²) in [6.45, 7) is 5.39. The van der Waals surface area contributed by atoms with Crippen molar-refractivity contribution in [2.45, 2.75) is 26.2 Å². The minimum atomic E-state index is 0. The Morgan fingerprint density at radius 2 is 2.16 bits per heavy atom. The molecule has 1 aromatic rings. The number of carbonyl (C=O) groups is 1. The number of rotatable bonds is 7. The number of halogens is 4. The van der Waals surface area contributed by atoms with Gasteiger partial charge < -0.3 is 16.0 Å². The number of piperidine rings is 1. The second-order valence-corrected chi connectivity index (χ2v) is 6.89. The van der Waals surface area contributed by atoms with Gasteiger partial charge in [0.1, 0.15) is 5.82 Å². The van der Waals surface area contributed by atoms with Crippen LogP contribution < -0.4 is 16.0 Å². The summed E-state index contributed by atoms with van der Waals surface area (Å²) in [5, 5.41) is 10.4. The van der Waals surface area contributed by atoms with E-state index in [-0.39, 0.29) is 30.7 Å². The first-order valence-electron chi connectivity index (χ1n) is 8.08. The fourth-order valence-corrected chi connectivity index (χ4v) is 3.27. The average Bonchev–Trinajstić information content (AvgIpc) is 2.54. The largest absolute Gasteiger partial charge is 0.367 e. The summed E-state index contributed by atoms with van der Waals surface area (Å²) in [4.78, 5) is 16.1. The van der Waals surface area contributed by atoms with Crippen molar-refractivity contribution in [2.75, 3.05) is 31.5 Å². The van der Waals surface area contributed by atoms with Gasteiger partial charge in [-0.15, -0.1) is 24.8 Å². The molecule has 5 nitrogen and oxygen atoms in total. The highest BCUT2D eigenvalue weighted by atomic mass is 35.5. The van der Waals surface area contributed by atoms with Crippen LogP contribution in [0.4, 0.5) is 5.82 Å². The molecule has 1 fully saturated rings. The summed E-state index contributed by atoms with van der Waals surface area (Å²) in [5.41, 5.74) is 0. The molecule has 1 aromatic heterocycles. The molecule has 144 valence electrons. The number of pyridine rings is 1. The van der Waals surface area contributed by atoms with E-state index < -0.39 is 0 Å². The predicted molar refractivity (Wildman–Crippen MR) is 110 cm³/mol. The molecule has 25 heavy (non-hydrogen) atoms. The van der Waals surface area contributed by atoms with Crippen LogP contribution >= 0.6 is 48.0 Å². The minimum absolute atomic E-state index is 0. The van der Waals surface area contributed by atoms with Gasteiger partial charge in [-0.25, -0.2) is 4.98 Å². The molecule has 0 radical (unpaired) electrons. The number of hydrogen-bond acceptors (Lipinski definition) is 4. The van der Waals surface area contributed by atoms with E-state index in [0.717, 1.165) is 13.1 Å². The van der Waals surface area contributed by atoms with E-state index in [1.165, 1.54) is 19.0 Å². The van der Waals surface area contributed by atoms with Gasteiger partial charge in [0.05, 0.1) is 10.0 Å². The third-order valence-corrected chi connectivity index (χ3v) is 4.69. The van der Waals surface area contributed by atoms with E-state index in [1.807, 2.05) is 0 Å². The quantitative estimate of drug-likeness (QED) is 0.574. The van der Waals surface area contributed by atoms with E-state index in [4.69, 9.17) is 23.2 Å². The summed E-state index contributed by atoms with van der Waals surface area (Å²) < 4.78 is 0. The highest BCUT2D eigenvalue weighted by Crippen LogP contribution is 2.23. The highest BCUT2D eigenvalue weighted by molar-refractivity contribution is 6.35. The van der Waals surface area contributed by atoms with Crippen LogP contribution in [0.1, 0.15) is 26.2 Å². The van der Waals surface area contributed by atoms with Gasteiger partial charge in [-0.05, 0) is 43.8 Å². The number of nitrogens with zero attached hydrogens (tertiary/aromatic N) is 1. The van der Waals surface area contributed by atoms with Crippen LogP contribution in [0.15, 0.2) is 12.3 Å². The maximum Gasteiger partial charge on any atom is 0.220 e. The third kappa shape index (κ3) is 8.65. The lowest BCUT2D eigenvalue weighted by atomic mass is 9.85. The molecule has 2 unspecified atom stereocenters. The topological polar surface area (TPSA) is 66.0 Å². The van der Waals surface area contributed by atoms with Crippen LogP contribution in [-0.2, 0) is 4.79 Å². The van der Waals surface area contributed by atoms with Crippen molar-refractivity contribution >= 4 is 59.7 Å². The number of amides is 1. The molecule has 2 heterocycles. The van der Waals surface area contributed by atoms with Crippen molar-refractivity contribution in [3.8, 4) is 0 Å². The van der Waals surface area contributed by atoms with Crippen molar-refractivity contribution in [1.29, 1.82) is 0 Å². The van der Waals surface area contributed by atoms with E-state index in [1.54, 1.807) is 6.07 Å². The molecular weight excluding hydrogens is 406 g/mol. The van der Waals surface area contributed by atoms with Crippen LogP contribution in [-0.4, -0.2) is 37.1 Å². The number of nitrogens with one attached hydrogen (secondary N) is 3. The number of hydrogen-bond donors (Lipinski definition) is 3. The lowest BCUT2D eigenvalue weighted by Gasteiger charge is -2.28. The SMILES string of the molecule is CC(CC(=O)NCCNc1ncc(Cl)cc1Cl)C1CCCNC1.Cl.Cl. The van der Waals surface area contributed by atoms with Crippen molar-refractivity contribution < 1.29 is 4.79 Å². The number of anilines is 1. The highest BCUT2D eigenvalue weighted by Gasteiger charge is 2.21. The summed E-state index contributed by atoms with van der Waals surface area (Å²) in [6.07, 6.45) is 4.53. The molecule has 0 spiro atoms. The molecule has 0 aromatic carbocycles. The zero-order valence-corrected chi connectivity index (χ0v) is 17.3. The fraction of sp³-hybridized carbons (Fsp3) is 0.625. The van der Waals surface area contributed by atoms with Gasteiger partial charge in [0.2, 0.25) is 5.91 Å². The van der Waals surface area contributed by atoms with Crippen molar-refractivity contribution in [3.63, 3.8) is 0 Å². The number of aromatic nitrogens is 1. The monoisotopic (exact) mass is 430 g/mol. The van der Waals surface area contributed by atoms with Crippen LogP contribution in [0, 0.1) is 11.8 Å². The third-order valence-electron chi connectivity index (χ3n) is 4.19. The standard InChI is InChI=1S/C16H24Cl2N4O.2ClH/c1-11(12-3-2-4-19-9-12)7-15(23)20-5-6-21-16-14(18)8-13(17)10-22-16;;/h8,10-12,19H,2-7,9H2,1H3,(H,20,23)(H,21,22);2*1H. The Morgan fingerprint density at radius 3 is 2.80 bits per heavy atom. The maximum absolute atomic E-state index is 12.0. The Morgan fingerprint density at radius 1 is 1.40 bits per heavy atom. The first-order valence-corrected chi connectivity index (χ1v) is 8.84. The molecule has 0 bridgehead atoms. The Bertz CT molecular complexity index is 527. The minimum Gasteiger partial charge on any atom is -0.367 e. The fourth-order valence-electron chi connectivity index (χ4n) is 2.82. The van der Waals surface area contributed by atoms with E-state index in [9.17, 15) is 4.79 Å². The molecule has 1 aliphatic rings. The van der Waals surface area contributed by atoms with Crippen molar-refractivity contribution in [3.05, 3.63) is 22.3 Å². The first-order chi connectivity index (χ1) is 11.1. The van der Waals surface area contributed by atoms with Crippen molar-refractivity contribution in [2.24, 2.45) is 11.8 Å². The summed E-state index contributed by atoms with van der Waals surface area (Å²) in [5.74, 6) is 1.68. The molecule has 0 saturated carbocycles. The molecule has 1 saturated heterocycles. The Labute approximate surface area is 171 Å². The molecule has 1 amide bonds. The van der Waals surface area contributed by atoms with E-state index in [0.29, 0.717) is 47.2 Å². The normalized spacial score (nSPS) is 17.6. The van der Waals surface area contributed by atoms with E-state index >= 15 is 0 Å². The Balaban J connectivity index is 0.00000288. The molecular formula is C16H26Cl4N4O. The molecule has 2 atom stereocenters. The smallest absolute Gasteiger partial charge is 0.220 e. The summed E-state index contributed by atoms with van der Waals surface area (Å²) >= 11 is 11.8. The van der Waals surface area contributed by atoms with Gasteiger partial charge in [-0.1, -0.05) is 30.1 Å². The summed E-state index contributed by atoms with van der Waals surface area (Å²) in [6, 6.07) is 1.64. The zero-order valence-electron chi connectivity index (χ0n) is 14.2. The molecule has 0 aliphatic carbocycles. The number of carbonyl (C=O) groups excluding carboxylic acids is 1. The van der Waals surface area contributed by atoms with Crippen LogP contribution in [0.2, 0.25) is 10.0 Å². The molecule has 2 rings (SSSR count). The maximum atomic E-state index is 12.0. The Hall–Kier alpha value is -0.460. The zero-order chi connectivity index (χ0) is 16.7. The van der Waals surface area contributed by atoms with Gasteiger partial charge in [0.15, 0.2) is 0 Å². The van der Waals surface area contributed by atoms with Crippen LogP contribution in [0.5, 0.6) is 0 Å². The molecule has 9 heteroatoms. The average molecular weight is 432 g/mol.